The summed E-state index contributed by atoms with van der Waals surface area (Å²) in [7, 11) is -4.17. The molecule has 7 nitrogen and oxygen atoms in total. The zero-order valence-corrected chi connectivity index (χ0v) is 26.1. The normalized spacial score (nSPS) is 42.9. The molecule has 42 heavy (non-hydrogen) atoms. The molecule has 3 spiro atoms. The molecule has 8 heteroatoms. The van der Waals surface area contributed by atoms with Gasteiger partial charge in [-0.05, 0) is 87.0 Å². The molecule has 0 radical (unpaired) electrons. The maximum atomic E-state index is 13.9. The van der Waals surface area contributed by atoms with Crippen LogP contribution >= 0.6 is 0 Å². The van der Waals surface area contributed by atoms with Gasteiger partial charge in [-0.2, -0.15) is 8.42 Å². The first-order valence-corrected chi connectivity index (χ1v) is 16.6. The van der Waals surface area contributed by atoms with E-state index in [9.17, 15) is 18.0 Å². The number of ether oxygens (including phenoxy) is 1. The summed E-state index contributed by atoms with van der Waals surface area (Å²) in [4.78, 5) is 32.4. The highest BCUT2D eigenvalue weighted by atomic mass is 32.2. The van der Waals surface area contributed by atoms with E-state index in [0.29, 0.717) is 19.3 Å². The molecule has 0 saturated heterocycles. The Labute approximate surface area is 250 Å². The van der Waals surface area contributed by atoms with Crippen LogP contribution in [0.1, 0.15) is 71.3 Å². The highest BCUT2D eigenvalue weighted by Crippen LogP contribution is 2.89. The highest BCUT2D eigenvalue weighted by Gasteiger charge is 2.92. The van der Waals surface area contributed by atoms with Crippen LogP contribution in [0.25, 0.3) is 0 Å². The third-order valence-corrected chi connectivity index (χ3v) is 14.4. The first-order chi connectivity index (χ1) is 19.7. The monoisotopic (exact) mass is 593 g/mol. The first-order valence-electron chi connectivity index (χ1n) is 15.2. The van der Waals surface area contributed by atoms with E-state index in [1.54, 1.807) is 12.1 Å². The number of Topliss-reactive ketones (excluding diaryl/α,β-unsaturated/α-hetero) is 1. The van der Waals surface area contributed by atoms with Gasteiger partial charge in [-0.15, -0.1) is 13.2 Å². The number of benzene rings is 1. The van der Waals surface area contributed by atoms with Crippen molar-refractivity contribution in [1.82, 2.24) is 0 Å². The standard InChI is InChI=1S/C34H43NO6S/c1-8-29(6)19-27(41-28(37)20-40-42(38,39)25-12-10-22(3)11-13-25)33(9-2)23(4)18-32-21-31(15-14-26(32)36,34(32,33)35-7)24(5)30(29)16-17-30/h8-13,23-24,27H,1-2,7,14-21H2,3-6H3/t23?,24-,27+,29+,31+,32+,33-,34+/m0/s1. The average molecular weight is 594 g/mol. The summed E-state index contributed by atoms with van der Waals surface area (Å²) in [6.45, 7) is 20.5. The minimum atomic E-state index is -4.17. The van der Waals surface area contributed by atoms with Crippen LogP contribution < -0.4 is 0 Å². The van der Waals surface area contributed by atoms with E-state index in [1.807, 2.05) is 19.1 Å². The molecule has 6 rings (SSSR count). The molecule has 5 aliphatic carbocycles. The minimum absolute atomic E-state index is 0.0257. The second kappa shape index (κ2) is 8.98. The van der Waals surface area contributed by atoms with Crippen LogP contribution in [0.2, 0.25) is 0 Å². The number of esters is 1. The van der Waals surface area contributed by atoms with Gasteiger partial charge in [0.2, 0.25) is 0 Å². The fourth-order valence-corrected chi connectivity index (χ4v) is 12.0. The van der Waals surface area contributed by atoms with Gasteiger partial charge in [0, 0.05) is 11.8 Å². The summed E-state index contributed by atoms with van der Waals surface area (Å²) in [5.41, 5.74) is -2.21. The van der Waals surface area contributed by atoms with E-state index in [0.717, 1.165) is 31.2 Å². The summed E-state index contributed by atoms with van der Waals surface area (Å²) in [5.74, 6) is -0.369. The van der Waals surface area contributed by atoms with Gasteiger partial charge in [0.25, 0.3) is 10.1 Å². The quantitative estimate of drug-likeness (QED) is 0.158. The lowest BCUT2D eigenvalue weighted by Crippen LogP contribution is -2.82. The predicted molar refractivity (Wildman–Crippen MR) is 160 cm³/mol. The predicted octanol–water partition coefficient (Wildman–Crippen LogP) is 6.02. The fraction of sp³-hybridized carbons (Fsp3) is 0.618. The molecule has 1 aromatic carbocycles. The van der Waals surface area contributed by atoms with Crippen molar-refractivity contribution < 1.29 is 26.9 Å². The van der Waals surface area contributed by atoms with Crippen molar-refractivity contribution in [2.24, 2.45) is 43.9 Å². The highest BCUT2D eigenvalue weighted by molar-refractivity contribution is 7.86. The van der Waals surface area contributed by atoms with E-state index in [1.165, 1.54) is 12.1 Å². The third-order valence-electron chi connectivity index (χ3n) is 13.1. The van der Waals surface area contributed by atoms with Crippen LogP contribution in [0.5, 0.6) is 0 Å². The number of aliphatic imine (C=N–C) groups is 1. The van der Waals surface area contributed by atoms with Crippen molar-refractivity contribution in [2.75, 3.05) is 6.61 Å². The number of ketones is 1. The van der Waals surface area contributed by atoms with Gasteiger partial charge in [0.1, 0.15) is 11.9 Å². The SMILES string of the molecule is C=C[C@]12C(C)C[C@@]34C[C@](CCC3=O)([C@@H](C)C3(CC3)[C@](C)(C=C)C[C@H]1OC(=O)COS(=O)(=O)c1ccc(C)cc1)[C@@]42N=C. The van der Waals surface area contributed by atoms with Crippen LogP contribution in [0.4, 0.5) is 0 Å². The van der Waals surface area contributed by atoms with E-state index in [2.05, 4.69) is 40.6 Å². The molecule has 0 amide bonds. The summed E-state index contributed by atoms with van der Waals surface area (Å²) >= 11 is 0. The van der Waals surface area contributed by atoms with Gasteiger partial charge in [0.05, 0.1) is 21.3 Å². The second-order valence-corrected chi connectivity index (χ2v) is 15.8. The topological polar surface area (TPSA) is 99.1 Å². The molecular formula is C34H43NO6S. The molecular weight excluding hydrogens is 550 g/mol. The largest absolute Gasteiger partial charge is 0.460 e. The summed E-state index contributed by atoms with van der Waals surface area (Å²) in [6.07, 6.45) is 8.37. The van der Waals surface area contributed by atoms with Gasteiger partial charge >= 0.3 is 5.97 Å². The first kappa shape index (κ1) is 29.5. The van der Waals surface area contributed by atoms with Gasteiger partial charge < -0.3 is 4.74 Å². The Morgan fingerprint density at radius 2 is 1.74 bits per heavy atom. The molecule has 0 aromatic heterocycles. The number of carbonyl (C=O) groups is 2. The third kappa shape index (κ3) is 3.16. The molecule has 0 heterocycles. The van der Waals surface area contributed by atoms with Gasteiger partial charge in [0.15, 0.2) is 6.61 Å². The van der Waals surface area contributed by atoms with Crippen molar-refractivity contribution in [3.63, 3.8) is 0 Å². The molecule has 0 aliphatic heterocycles. The van der Waals surface area contributed by atoms with Crippen LogP contribution in [-0.2, 0) is 28.6 Å². The summed E-state index contributed by atoms with van der Waals surface area (Å²) < 4.78 is 37.3. The van der Waals surface area contributed by atoms with Crippen LogP contribution in [0.3, 0.4) is 0 Å². The van der Waals surface area contributed by atoms with Crippen molar-refractivity contribution >= 4 is 28.6 Å². The number of rotatable bonds is 8. The molecule has 5 aliphatic rings. The average Bonchev–Trinajstić information content (AvgIpc) is 3.74. The molecule has 2 bridgehead atoms. The van der Waals surface area contributed by atoms with E-state index < -0.39 is 45.2 Å². The molecule has 5 saturated carbocycles. The molecule has 0 N–H and O–H groups in total. The van der Waals surface area contributed by atoms with E-state index in [-0.39, 0.29) is 38.8 Å². The Bertz CT molecular complexity index is 1500. The van der Waals surface area contributed by atoms with E-state index in [4.69, 9.17) is 13.9 Å². The Morgan fingerprint density at radius 1 is 1.07 bits per heavy atom. The minimum Gasteiger partial charge on any atom is -0.460 e. The number of hydrogen-bond donors (Lipinski definition) is 0. The Balaban J connectivity index is 1.43. The molecule has 1 unspecified atom stereocenters. The zero-order chi connectivity index (χ0) is 30.6. The summed E-state index contributed by atoms with van der Waals surface area (Å²) in [5, 5.41) is 0. The zero-order valence-electron chi connectivity index (χ0n) is 25.3. The second-order valence-electron chi connectivity index (χ2n) is 14.2. The molecule has 8 atom stereocenters. The Hall–Kier alpha value is -2.58. The van der Waals surface area contributed by atoms with Crippen molar-refractivity contribution in [3.05, 3.63) is 55.1 Å². The molecule has 5 fully saturated rings. The smallest absolute Gasteiger partial charge is 0.333 e. The molecule has 226 valence electrons. The van der Waals surface area contributed by atoms with Crippen LogP contribution in [0, 0.1) is 45.8 Å². The summed E-state index contributed by atoms with van der Waals surface area (Å²) in [6, 6.07) is 6.25. The maximum Gasteiger partial charge on any atom is 0.333 e. The lowest BCUT2D eigenvalue weighted by molar-refractivity contribution is -0.259. The number of allylic oxidation sites excluding steroid dienone is 1. The number of nitrogens with zero attached hydrogens (tertiary/aromatic N) is 1. The number of carbonyl (C=O) groups excluding carboxylic acids is 2. The lowest BCUT2D eigenvalue weighted by Gasteiger charge is -2.77. The van der Waals surface area contributed by atoms with Gasteiger partial charge in [-0.3, -0.25) is 14.0 Å². The lowest BCUT2D eigenvalue weighted by atomic mass is 9.27. The van der Waals surface area contributed by atoms with Crippen molar-refractivity contribution in [2.45, 2.75) is 89.2 Å². The maximum absolute atomic E-state index is 13.9. The Morgan fingerprint density at radius 3 is 2.31 bits per heavy atom. The van der Waals surface area contributed by atoms with Gasteiger partial charge in [-0.1, -0.05) is 50.6 Å². The van der Waals surface area contributed by atoms with Crippen LogP contribution in [-0.4, -0.2) is 45.1 Å². The Kier molecular flexibility index (Phi) is 6.30. The van der Waals surface area contributed by atoms with Crippen molar-refractivity contribution in [1.29, 1.82) is 0 Å². The number of aryl methyl sites for hydroxylation is 1. The van der Waals surface area contributed by atoms with Crippen LogP contribution in [0.15, 0.2) is 59.5 Å². The van der Waals surface area contributed by atoms with E-state index >= 15 is 0 Å². The van der Waals surface area contributed by atoms with Gasteiger partial charge in [-0.25, -0.2) is 4.79 Å². The fourth-order valence-electron chi connectivity index (χ4n) is 11.1. The van der Waals surface area contributed by atoms with Crippen molar-refractivity contribution in [3.8, 4) is 0 Å². The number of hydrogen-bond acceptors (Lipinski definition) is 7. The molecule has 1 aromatic rings.